The highest BCUT2D eigenvalue weighted by Gasteiger charge is 2.06. The Hall–Kier alpha value is -2.20. The third-order valence-electron chi connectivity index (χ3n) is 3.65. The van der Waals surface area contributed by atoms with E-state index in [2.05, 4.69) is 70.8 Å². The predicted molar refractivity (Wildman–Crippen MR) is 99.6 cm³/mol. The summed E-state index contributed by atoms with van der Waals surface area (Å²) in [7, 11) is 0. The maximum atomic E-state index is 4.53. The number of hydrogen-bond donors (Lipinski definition) is 1. The fourth-order valence-corrected chi connectivity index (χ4v) is 3.22. The van der Waals surface area contributed by atoms with Crippen LogP contribution in [0.1, 0.15) is 13.8 Å². The molecule has 118 valence electrons. The van der Waals surface area contributed by atoms with Crippen LogP contribution >= 0.6 is 11.9 Å². The van der Waals surface area contributed by atoms with Crippen molar-refractivity contribution in [3.8, 4) is 0 Å². The Bertz CT molecular complexity index is 793. The van der Waals surface area contributed by atoms with Gasteiger partial charge in [0.1, 0.15) is 0 Å². The lowest BCUT2D eigenvalue weighted by molar-refractivity contribution is 0.534. The first-order valence-electron chi connectivity index (χ1n) is 7.82. The molecular formula is C19H21N3S. The Kier molecular flexibility index (Phi) is 5.03. The first-order valence-corrected chi connectivity index (χ1v) is 8.64. The molecule has 1 unspecified atom stereocenters. The van der Waals surface area contributed by atoms with Gasteiger partial charge in [-0.15, -0.1) is 0 Å². The van der Waals surface area contributed by atoms with Crippen LogP contribution in [0.5, 0.6) is 0 Å². The standard InChI is InChI=1S/C19H21N3S/c1-3-7-15(2)14-22-19-11-10-17(12-16(19)13-20-22)21-23-18-8-5-4-6-9-18/h3-13,15,21H,14H2,1-2H3/b7-3-. The minimum atomic E-state index is 0.481. The lowest BCUT2D eigenvalue weighted by Crippen LogP contribution is -2.06. The van der Waals surface area contributed by atoms with Crippen molar-refractivity contribution in [2.45, 2.75) is 25.3 Å². The Labute approximate surface area is 141 Å². The van der Waals surface area contributed by atoms with Gasteiger partial charge in [0.05, 0.1) is 11.7 Å². The van der Waals surface area contributed by atoms with Crippen molar-refractivity contribution in [1.29, 1.82) is 0 Å². The van der Waals surface area contributed by atoms with E-state index >= 15 is 0 Å². The van der Waals surface area contributed by atoms with Crippen LogP contribution in [0.3, 0.4) is 0 Å². The van der Waals surface area contributed by atoms with Crippen molar-refractivity contribution in [3.63, 3.8) is 0 Å². The maximum absolute atomic E-state index is 4.53. The molecule has 0 saturated carbocycles. The molecule has 4 heteroatoms. The van der Waals surface area contributed by atoms with Gasteiger partial charge in [-0.1, -0.05) is 37.3 Å². The van der Waals surface area contributed by atoms with Crippen LogP contribution in [0.25, 0.3) is 10.9 Å². The normalized spacial score (nSPS) is 12.8. The third kappa shape index (κ3) is 3.96. The highest BCUT2D eigenvalue weighted by atomic mass is 32.2. The van der Waals surface area contributed by atoms with Crippen molar-refractivity contribution in [2.75, 3.05) is 4.72 Å². The summed E-state index contributed by atoms with van der Waals surface area (Å²) >= 11 is 1.62. The number of benzene rings is 2. The van der Waals surface area contributed by atoms with Crippen molar-refractivity contribution in [3.05, 3.63) is 66.9 Å². The topological polar surface area (TPSA) is 29.9 Å². The first-order chi connectivity index (χ1) is 11.3. The Balaban J connectivity index is 1.73. The zero-order chi connectivity index (χ0) is 16.1. The van der Waals surface area contributed by atoms with Gasteiger partial charge in [0, 0.05) is 22.5 Å². The second kappa shape index (κ2) is 7.38. The number of nitrogens with one attached hydrogen (secondary N) is 1. The van der Waals surface area contributed by atoms with Crippen LogP contribution in [-0.2, 0) is 6.54 Å². The van der Waals surface area contributed by atoms with Gasteiger partial charge in [-0.2, -0.15) is 5.10 Å². The number of rotatable bonds is 6. The Morgan fingerprint density at radius 1 is 1.22 bits per heavy atom. The lowest BCUT2D eigenvalue weighted by atomic mass is 10.1. The van der Waals surface area contributed by atoms with E-state index in [0.29, 0.717) is 5.92 Å². The fourth-order valence-electron chi connectivity index (χ4n) is 2.56. The van der Waals surface area contributed by atoms with E-state index in [0.717, 1.165) is 17.6 Å². The minimum absolute atomic E-state index is 0.481. The molecule has 3 nitrogen and oxygen atoms in total. The van der Waals surface area contributed by atoms with Crippen molar-refractivity contribution >= 4 is 28.5 Å². The molecule has 1 heterocycles. The van der Waals surface area contributed by atoms with Gasteiger partial charge in [-0.3, -0.25) is 4.68 Å². The number of fused-ring (bicyclic) bond motifs is 1. The molecule has 0 amide bonds. The molecule has 1 atom stereocenters. The predicted octanol–water partition coefficient (Wildman–Crippen LogP) is 5.37. The molecule has 0 fully saturated rings. The largest absolute Gasteiger partial charge is 0.326 e. The molecule has 1 N–H and O–H groups in total. The molecule has 1 aromatic heterocycles. The second-order valence-electron chi connectivity index (χ2n) is 5.62. The molecule has 2 aromatic carbocycles. The summed E-state index contributed by atoms with van der Waals surface area (Å²) in [5.41, 5.74) is 2.27. The summed E-state index contributed by atoms with van der Waals surface area (Å²) in [4.78, 5) is 1.20. The number of hydrogen-bond acceptors (Lipinski definition) is 3. The zero-order valence-corrected chi connectivity index (χ0v) is 14.3. The molecule has 0 bridgehead atoms. The second-order valence-corrected chi connectivity index (χ2v) is 6.50. The van der Waals surface area contributed by atoms with E-state index in [1.807, 2.05) is 24.4 Å². The van der Waals surface area contributed by atoms with E-state index in [1.54, 1.807) is 11.9 Å². The van der Waals surface area contributed by atoms with Crippen LogP contribution in [0.2, 0.25) is 0 Å². The van der Waals surface area contributed by atoms with E-state index in [4.69, 9.17) is 0 Å². The molecular weight excluding hydrogens is 302 g/mol. The Morgan fingerprint density at radius 3 is 2.83 bits per heavy atom. The lowest BCUT2D eigenvalue weighted by Gasteiger charge is -2.09. The molecule has 23 heavy (non-hydrogen) atoms. The maximum Gasteiger partial charge on any atom is 0.0684 e. The molecule has 0 aliphatic heterocycles. The summed E-state index contributed by atoms with van der Waals surface area (Å²) in [5.74, 6) is 0.481. The summed E-state index contributed by atoms with van der Waals surface area (Å²) < 4.78 is 5.47. The van der Waals surface area contributed by atoms with Gasteiger partial charge in [-0.25, -0.2) is 0 Å². The summed E-state index contributed by atoms with van der Waals surface area (Å²) in [6.45, 7) is 5.17. The number of anilines is 1. The van der Waals surface area contributed by atoms with Crippen LogP contribution in [0, 0.1) is 5.92 Å². The quantitative estimate of drug-likeness (QED) is 0.489. The monoisotopic (exact) mass is 323 g/mol. The average molecular weight is 323 g/mol. The summed E-state index contributed by atoms with van der Waals surface area (Å²) in [6, 6.07) is 16.7. The van der Waals surface area contributed by atoms with Gasteiger partial charge < -0.3 is 4.72 Å². The van der Waals surface area contributed by atoms with Crippen LogP contribution in [0.15, 0.2) is 71.8 Å². The SMILES string of the molecule is C/C=C\C(C)Cn1ncc2cc(NSc3ccccc3)ccc21. The third-order valence-corrected chi connectivity index (χ3v) is 4.50. The highest BCUT2D eigenvalue weighted by molar-refractivity contribution is 8.00. The van der Waals surface area contributed by atoms with Gasteiger partial charge in [0.15, 0.2) is 0 Å². The number of allylic oxidation sites excluding steroid dienone is 2. The van der Waals surface area contributed by atoms with Crippen LogP contribution < -0.4 is 4.72 Å². The van der Waals surface area contributed by atoms with Gasteiger partial charge >= 0.3 is 0 Å². The summed E-state index contributed by atoms with van der Waals surface area (Å²) in [5, 5.41) is 5.69. The first kappa shape index (κ1) is 15.7. The Morgan fingerprint density at radius 2 is 2.04 bits per heavy atom. The van der Waals surface area contributed by atoms with E-state index in [-0.39, 0.29) is 0 Å². The number of aromatic nitrogens is 2. The van der Waals surface area contributed by atoms with Crippen LogP contribution in [-0.4, -0.2) is 9.78 Å². The molecule has 0 saturated heterocycles. The van der Waals surface area contributed by atoms with Crippen molar-refractivity contribution in [2.24, 2.45) is 5.92 Å². The minimum Gasteiger partial charge on any atom is -0.326 e. The number of nitrogens with zero attached hydrogens (tertiary/aromatic N) is 2. The van der Waals surface area contributed by atoms with Gasteiger partial charge in [0.2, 0.25) is 0 Å². The smallest absolute Gasteiger partial charge is 0.0684 e. The molecule has 3 aromatic rings. The van der Waals surface area contributed by atoms with Crippen molar-refractivity contribution < 1.29 is 0 Å². The van der Waals surface area contributed by atoms with Gasteiger partial charge in [-0.05, 0) is 55.1 Å². The highest BCUT2D eigenvalue weighted by Crippen LogP contribution is 2.24. The molecule has 0 aliphatic rings. The molecule has 3 rings (SSSR count). The molecule has 0 radical (unpaired) electrons. The van der Waals surface area contributed by atoms with Crippen molar-refractivity contribution in [1.82, 2.24) is 9.78 Å². The van der Waals surface area contributed by atoms with E-state index in [9.17, 15) is 0 Å². The van der Waals surface area contributed by atoms with Gasteiger partial charge in [0.25, 0.3) is 0 Å². The molecule has 0 aliphatic carbocycles. The van der Waals surface area contributed by atoms with E-state index < -0.39 is 0 Å². The summed E-state index contributed by atoms with van der Waals surface area (Å²) in [6.07, 6.45) is 6.25. The zero-order valence-electron chi connectivity index (χ0n) is 13.4. The average Bonchev–Trinajstić information content (AvgIpc) is 2.96. The molecule has 0 spiro atoms. The van der Waals surface area contributed by atoms with E-state index in [1.165, 1.54) is 10.4 Å². The fraction of sp³-hybridized carbons (Fsp3) is 0.211. The van der Waals surface area contributed by atoms with Crippen LogP contribution in [0.4, 0.5) is 5.69 Å².